The second-order valence-electron chi connectivity index (χ2n) is 12.8. The molecule has 0 N–H and O–H groups in total. The summed E-state index contributed by atoms with van der Waals surface area (Å²) >= 11 is 0. The number of hydrogen-bond donors (Lipinski definition) is 0. The third-order valence-electron chi connectivity index (χ3n) is 9.74. The molecule has 0 saturated carbocycles. The van der Waals surface area contributed by atoms with Gasteiger partial charge in [0.15, 0.2) is 17.5 Å². The number of para-hydroxylation sites is 1. The fourth-order valence-corrected chi connectivity index (χ4v) is 7.23. The summed E-state index contributed by atoms with van der Waals surface area (Å²) in [4.78, 5) is 15.5. The monoisotopic (exact) mass is 651 g/mol. The minimum absolute atomic E-state index is 0.599. The Balaban J connectivity index is 1.17. The fraction of sp³-hybridized carbons (Fsp3) is 0. The van der Waals surface area contributed by atoms with Gasteiger partial charge in [0, 0.05) is 33.0 Å². The standard InChI is InChI=1S/C47H29N3O/c1-2-11-30(12-3-1)32-23-26-34(27-24-32)38-18-9-20-40-43-41(21-10-22-42(43)51-44(38)40)47-49-45(36-28-25-31-13-4-5-15-35(31)29-36)48-46(50-47)39-19-8-16-33-14-6-7-17-37(33)39/h1-29H. The van der Waals surface area contributed by atoms with Crippen LogP contribution in [0.25, 0.3) is 99.9 Å². The second-order valence-corrected chi connectivity index (χ2v) is 12.8. The third kappa shape index (κ3) is 5.04. The SMILES string of the molecule is c1ccc(-c2ccc(-c3cccc4c3oc3cccc(-c5nc(-c6ccc7ccccc7c6)nc(-c6cccc7ccccc67)n5)c34)cc2)cc1. The van der Waals surface area contributed by atoms with Crippen molar-refractivity contribution in [1.29, 1.82) is 0 Å². The van der Waals surface area contributed by atoms with E-state index >= 15 is 0 Å². The lowest BCUT2D eigenvalue weighted by molar-refractivity contribution is 0.670. The summed E-state index contributed by atoms with van der Waals surface area (Å²) in [5.74, 6) is 1.85. The molecule has 4 heteroatoms. The Morgan fingerprint density at radius 1 is 0.333 bits per heavy atom. The van der Waals surface area contributed by atoms with Crippen LogP contribution >= 0.6 is 0 Å². The van der Waals surface area contributed by atoms with Crippen molar-refractivity contribution >= 4 is 43.5 Å². The van der Waals surface area contributed by atoms with Gasteiger partial charge in [-0.25, -0.2) is 15.0 Å². The summed E-state index contributed by atoms with van der Waals surface area (Å²) in [6, 6.07) is 61.0. The van der Waals surface area contributed by atoms with Crippen LogP contribution in [0.2, 0.25) is 0 Å². The highest BCUT2D eigenvalue weighted by Gasteiger charge is 2.20. The number of hydrogen-bond acceptors (Lipinski definition) is 4. The van der Waals surface area contributed by atoms with Gasteiger partial charge in [0.1, 0.15) is 11.2 Å². The van der Waals surface area contributed by atoms with Crippen LogP contribution in [0.1, 0.15) is 0 Å². The summed E-state index contributed by atoms with van der Waals surface area (Å²) in [7, 11) is 0. The van der Waals surface area contributed by atoms with Crippen LogP contribution in [0.3, 0.4) is 0 Å². The smallest absolute Gasteiger partial charge is 0.164 e. The summed E-state index contributed by atoms with van der Waals surface area (Å²) in [6.07, 6.45) is 0. The second kappa shape index (κ2) is 11.9. The van der Waals surface area contributed by atoms with Gasteiger partial charge < -0.3 is 4.42 Å². The van der Waals surface area contributed by atoms with Crippen molar-refractivity contribution in [3.05, 3.63) is 176 Å². The molecule has 51 heavy (non-hydrogen) atoms. The number of nitrogens with zero attached hydrogens (tertiary/aromatic N) is 3. The molecule has 0 radical (unpaired) electrons. The van der Waals surface area contributed by atoms with E-state index in [9.17, 15) is 0 Å². The van der Waals surface area contributed by atoms with Crippen LogP contribution in [0.15, 0.2) is 180 Å². The van der Waals surface area contributed by atoms with Crippen LogP contribution in [-0.4, -0.2) is 15.0 Å². The maximum atomic E-state index is 6.68. The van der Waals surface area contributed by atoms with Gasteiger partial charge in [-0.3, -0.25) is 0 Å². The Kier molecular flexibility index (Phi) is 6.78. The van der Waals surface area contributed by atoms with Gasteiger partial charge in [-0.1, -0.05) is 164 Å². The van der Waals surface area contributed by atoms with E-state index in [1.807, 2.05) is 18.2 Å². The summed E-state index contributed by atoms with van der Waals surface area (Å²) in [5, 5.41) is 6.54. The van der Waals surface area contributed by atoms with E-state index in [4.69, 9.17) is 19.4 Å². The van der Waals surface area contributed by atoms with E-state index in [1.54, 1.807) is 0 Å². The molecule has 8 aromatic carbocycles. The molecule has 0 aliphatic rings. The molecule has 10 aromatic rings. The maximum Gasteiger partial charge on any atom is 0.164 e. The molecule has 0 unspecified atom stereocenters. The molecule has 0 aliphatic heterocycles. The van der Waals surface area contributed by atoms with Crippen LogP contribution in [0, 0.1) is 0 Å². The molecular formula is C47H29N3O. The minimum atomic E-state index is 0.599. The lowest BCUT2D eigenvalue weighted by Crippen LogP contribution is -2.01. The summed E-state index contributed by atoms with van der Waals surface area (Å²) in [6.45, 7) is 0. The van der Waals surface area contributed by atoms with Gasteiger partial charge in [-0.2, -0.15) is 0 Å². The summed E-state index contributed by atoms with van der Waals surface area (Å²) < 4.78 is 6.68. The molecule has 0 fully saturated rings. The van der Waals surface area contributed by atoms with Gasteiger partial charge >= 0.3 is 0 Å². The molecule has 2 heterocycles. The van der Waals surface area contributed by atoms with Gasteiger partial charge in [-0.05, 0) is 50.4 Å². The fourth-order valence-electron chi connectivity index (χ4n) is 7.23. The van der Waals surface area contributed by atoms with Crippen LogP contribution in [0.4, 0.5) is 0 Å². The van der Waals surface area contributed by atoms with Gasteiger partial charge in [0.05, 0.1) is 0 Å². The van der Waals surface area contributed by atoms with E-state index in [0.29, 0.717) is 17.5 Å². The first-order valence-corrected chi connectivity index (χ1v) is 17.1. The highest BCUT2D eigenvalue weighted by atomic mass is 16.3. The molecule has 0 bridgehead atoms. The van der Waals surface area contributed by atoms with E-state index in [2.05, 4.69) is 158 Å². The number of benzene rings is 8. The first kappa shape index (κ1) is 29.0. The molecule has 2 aromatic heterocycles. The third-order valence-corrected chi connectivity index (χ3v) is 9.74. The van der Waals surface area contributed by atoms with Crippen LogP contribution in [-0.2, 0) is 0 Å². The highest BCUT2D eigenvalue weighted by molar-refractivity contribution is 6.15. The lowest BCUT2D eigenvalue weighted by atomic mass is 9.98. The summed E-state index contributed by atoms with van der Waals surface area (Å²) in [5.41, 5.74) is 8.93. The zero-order valence-electron chi connectivity index (χ0n) is 27.5. The molecule has 4 nitrogen and oxygen atoms in total. The van der Waals surface area contributed by atoms with Crippen molar-refractivity contribution in [2.75, 3.05) is 0 Å². The molecule has 238 valence electrons. The van der Waals surface area contributed by atoms with Crippen LogP contribution in [0.5, 0.6) is 0 Å². The first-order valence-electron chi connectivity index (χ1n) is 17.1. The molecule has 0 amide bonds. The zero-order chi connectivity index (χ0) is 33.7. The normalized spacial score (nSPS) is 11.5. The molecule has 0 atom stereocenters. The number of aromatic nitrogens is 3. The Morgan fingerprint density at radius 3 is 1.76 bits per heavy atom. The number of rotatable bonds is 5. The number of fused-ring (bicyclic) bond motifs is 5. The average Bonchev–Trinajstić information content (AvgIpc) is 3.60. The molecule has 0 aliphatic carbocycles. The van der Waals surface area contributed by atoms with E-state index < -0.39 is 0 Å². The van der Waals surface area contributed by atoms with Crippen molar-refractivity contribution in [2.45, 2.75) is 0 Å². The topological polar surface area (TPSA) is 51.8 Å². The molecule has 0 saturated heterocycles. The van der Waals surface area contributed by atoms with Crippen molar-refractivity contribution in [1.82, 2.24) is 15.0 Å². The molecule has 10 rings (SSSR count). The quantitative estimate of drug-likeness (QED) is 0.186. The van der Waals surface area contributed by atoms with Gasteiger partial charge in [0.25, 0.3) is 0 Å². The van der Waals surface area contributed by atoms with E-state index in [-0.39, 0.29) is 0 Å². The van der Waals surface area contributed by atoms with Gasteiger partial charge in [0.2, 0.25) is 0 Å². The van der Waals surface area contributed by atoms with Crippen molar-refractivity contribution in [2.24, 2.45) is 0 Å². The predicted octanol–water partition coefficient (Wildman–Crippen LogP) is 12.4. The van der Waals surface area contributed by atoms with E-state index in [0.717, 1.165) is 65.9 Å². The molecular weight excluding hydrogens is 623 g/mol. The largest absolute Gasteiger partial charge is 0.455 e. The highest BCUT2D eigenvalue weighted by Crippen LogP contribution is 2.41. The first-order chi connectivity index (χ1) is 25.3. The van der Waals surface area contributed by atoms with Crippen molar-refractivity contribution in [3.63, 3.8) is 0 Å². The van der Waals surface area contributed by atoms with Crippen molar-refractivity contribution in [3.8, 4) is 56.4 Å². The average molecular weight is 652 g/mol. The Morgan fingerprint density at radius 2 is 0.902 bits per heavy atom. The lowest BCUT2D eigenvalue weighted by Gasteiger charge is -2.11. The molecule has 0 spiro atoms. The minimum Gasteiger partial charge on any atom is -0.455 e. The Labute approximate surface area is 294 Å². The van der Waals surface area contributed by atoms with E-state index in [1.165, 1.54) is 16.5 Å². The Bertz CT molecular complexity index is 2900. The van der Waals surface area contributed by atoms with Crippen LogP contribution < -0.4 is 0 Å². The Hall–Kier alpha value is -6.91. The van der Waals surface area contributed by atoms with Gasteiger partial charge in [-0.15, -0.1) is 0 Å². The predicted molar refractivity (Wildman–Crippen MR) is 209 cm³/mol. The zero-order valence-corrected chi connectivity index (χ0v) is 27.5. The maximum absolute atomic E-state index is 6.68. The van der Waals surface area contributed by atoms with Crippen molar-refractivity contribution < 1.29 is 4.42 Å². The number of furan rings is 1.